The van der Waals surface area contributed by atoms with E-state index in [-0.39, 0.29) is 5.92 Å². The van der Waals surface area contributed by atoms with E-state index in [0.717, 1.165) is 18.4 Å². The number of benzene rings is 1. The highest BCUT2D eigenvalue weighted by molar-refractivity contribution is 6.30. The van der Waals surface area contributed by atoms with Gasteiger partial charge in [-0.3, -0.25) is 0 Å². The average molecular weight is 254 g/mol. The third kappa shape index (κ3) is 5.41. The van der Waals surface area contributed by atoms with Crippen LogP contribution in [0.1, 0.15) is 12.0 Å². The van der Waals surface area contributed by atoms with Gasteiger partial charge >= 0.3 is 6.09 Å². The number of carbonyl (C=O) groups is 1. The Morgan fingerprint density at radius 1 is 1.47 bits per heavy atom. The molecule has 1 amide bonds. The van der Waals surface area contributed by atoms with E-state index < -0.39 is 6.09 Å². The Kier molecular flexibility index (Phi) is 5.57. The number of carboxylic acid groups (broad SMARTS) is 1. The molecular weight excluding hydrogens is 238 g/mol. The van der Waals surface area contributed by atoms with Crippen molar-refractivity contribution in [3.63, 3.8) is 0 Å². The van der Waals surface area contributed by atoms with Gasteiger partial charge in [0.15, 0.2) is 0 Å². The molecule has 0 aliphatic heterocycles. The van der Waals surface area contributed by atoms with Crippen molar-refractivity contribution >= 4 is 17.7 Å². The van der Waals surface area contributed by atoms with Crippen molar-refractivity contribution in [2.24, 2.45) is 5.92 Å². The predicted molar refractivity (Wildman–Crippen MR) is 69.5 cm³/mol. The quantitative estimate of drug-likeness (QED) is 0.764. The summed E-state index contributed by atoms with van der Waals surface area (Å²) in [5.41, 5.74) is 1.15. The van der Waals surface area contributed by atoms with Gasteiger partial charge in [-0.1, -0.05) is 29.8 Å². The topological polar surface area (TPSA) is 49.3 Å². The maximum absolute atomic E-state index is 10.5. The summed E-state index contributed by atoms with van der Waals surface area (Å²) in [6.45, 7) is 4.12. The molecule has 0 heterocycles. The molecule has 3 nitrogen and oxygen atoms in total. The Morgan fingerprint density at radius 3 is 2.65 bits per heavy atom. The Labute approximate surface area is 106 Å². The van der Waals surface area contributed by atoms with Gasteiger partial charge in [0.2, 0.25) is 0 Å². The summed E-state index contributed by atoms with van der Waals surface area (Å²) < 4.78 is 0. The van der Waals surface area contributed by atoms with Gasteiger partial charge in [0.25, 0.3) is 0 Å². The van der Waals surface area contributed by atoms with Crippen LogP contribution in [0.3, 0.4) is 0 Å². The summed E-state index contributed by atoms with van der Waals surface area (Å²) in [6, 6.07) is 7.59. The lowest BCUT2D eigenvalue weighted by molar-refractivity contribution is 0.192. The molecule has 1 atom stereocenters. The minimum atomic E-state index is -0.991. The van der Waals surface area contributed by atoms with Crippen molar-refractivity contribution < 1.29 is 9.90 Å². The van der Waals surface area contributed by atoms with E-state index in [1.807, 2.05) is 30.3 Å². The molecule has 0 saturated carbocycles. The van der Waals surface area contributed by atoms with E-state index in [1.165, 1.54) is 0 Å². The molecule has 0 radical (unpaired) electrons. The van der Waals surface area contributed by atoms with Gasteiger partial charge in [-0.15, -0.1) is 6.58 Å². The van der Waals surface area contributed by atoms with E-state index in [1.54, 1.807) is 0 Å². The standard InChI is InChI=1S/C13H16ClNO2/c1-2-3-11(9-15-13(16)17)8-10-4-6-12(14)7-5-10/h2,4-7,11,15H,1,3,8-9H2,(H,16,17). The zero-order valence-corrected chi connectivity index (χ0v) is 10.3. The SMILES string of the molecule is C=CCC(CNC(=O)O)Cc1ccc(Cl)cc1. The van der Waals surface area contributed by atoms with Crippen LogP contribution in [0.15, 0.2) is 36.9 Å². The third-order valence-corrected chi connectivity index (χ3v) is 2.73. The van der Waals surface area contributed by atoms with Crippen molar-refractivity contribution in [2.45, 2.75) is 12.8 Å². The molecule has 1 aromatic rings. The van der Waals surface area contributed by atoms with Crippen molar-refractivity contribution in [1.82, 2.24) is 5.32 Å². The zero-order chi connectivity index (χ0) is 12.7. The lowest BCUT2D eigenvalue weighted by atomic mass is 9.96. The van der Waals surface area contributed by atoms with Crippen LogP contribution >= 0.6 is 11.6 Å². The van der Waals surface area contributed by atoms with Crippen LogP contribution in [0.25, 0.3) is 0 Å². The number of hydrogen-bond acceptors (Lipinski definition) is 1. The molecule has 0 aliphatic rings. The second-order valence-electron chi connectivity index (χ2n) is 3.91. The first-order valence-electron chi connectivity index (χ1n) is 5.44. The maximum Gasteiger partial charge on any atom is 0.404 e. The minimum Gasteiger partial charge on any atom is -0.465 e. The normalized spacial score (nSPS) is 11.8. The summed E-state index contributed by atoms with van der Waals surface area (Å²) in [5.74, 6) is 0.227. The summed E-state index contributed by atoms with van der Waals surface area (Å²) >= 11 is 5.81. The zero-order valence-electron chi connectivity index (χ0n) is 9.53. The number of hydrogen-bond donors (Lipinski definition) is 2. The summed E-state index contributed by atoms with van der Waals surface area (Å²) in [6.07, 6.45) is 2.41. The predicted octanol–water partition coefficient (Wildman–Crippen LogP) is 3.34. The van der Waals surface area contributed by atoms with Crippen LogP contribution in [0.5, 0.6) is 0 Å². The molecule has 0 fully saturated rings. The summed E-state index contributed by atoms with van der Waals surface area (Å²) in [7, 11) is 0. The van der Waals surface area contributed by atoms with E-state index in [9.17, 15) is 4.79 Å². The second kappa shape index (κ2) is 6.97. The minimum absolute atomic E-state index is 0.227. The smallest absolute Gasteiger partial charge is 0.404 e. The van der Waals surface area contributed by atoms with Crippen molar-refractivity contribution in [1.29, 1.82) is 0 Å². The van der Waals surface area contributed by atoms with Crippen molar-refractivity contribution in [3.05, 3.63) is 47.5 Å². The Hall–Kier alpha value is -1.48. The van der Waals surface area contributed by atoms with Gasteiger partial charge in [0.1, 0.15) is 0 Å². The van der Waals surface area contributed by atoms with Crippen molar-refractivity contribution in [3.8, 4) is 0 Å². The molecule has 1 aromatic carbocycles. The molecular formula is C13H16ClNO2. The highest BCUT2D eigenvalue weighted by Gasteiger charge is 2.09. The summed E-state index contributed by atoms with van der Waals surface area (Å²) in [4.78, 5) is 10.5. The number of halogens is 1. The summed E-state index contributed by atoms with van der Waals surface area (Å²) in [5, 5.41) is 11.7. The molecule has 1 unspecified atom stereocenters. The number of rotatable bonds is 6. The first-order chi connectivity index (χ1) is 8.11. The molecule has 92 valence electrons. The maximum atomic E-state index is 10.5. The number of amides is 1. The Balaban J connectivity index is 2.56. The van der Waals surface area contributed by atoms with Crippen LogP contribution in [0, 0.1) is 5.92 Å². The van der Waals surface area contributed by atoms with E-state index in [0.29, 0.717) is 11.6 Å². The van der Waals surface area contributed by atoms with E-state index in [4.69, 9.17) is 16.7 Å². The van der Waals surface area contributed by atoms with E-state index >= 15 is 0 Å². The molecule has 0 saturated heterocycles. The van der Waals surface area contributed by atoms with Crippen LogP contribution in [-0.4, -0.2) is 17.7 Å². The average Bonchev–Trinajstić information content (AvgIpc) is 2.29. The molecule has 2 N–H and O–H groups in total. The first-order valence-corrected chi connectivity index (χ1v) is 5.81. The van der Waals surface area contributed by atoms with Crippen LogP contribution in [0.4, 0.5) is 4.79 Å². The lowest BCUT2D eigenvalue weighted by Gasteiger charge is -2.14. The molecule has 0 aromatic heterocycles. The number of allylic oxidation sites excluding steroid dienone is 1. The molecule has 1 rings (SSSR count). The fourth-order valence-electron chi connectivity index (χ4n) is 1.66. The van der Waals surface area contributed by atoms with Crippen molar-refractivity contribution in [2.75, 3.05) is 6.54 Å². The monoisotopic (exact) mass is 253 g/mol. The molecule has 0 bridgehead atoms. The molecule has 17 heavy (non-hydrogen) atoms. The van der Waals surface area contributed by atoms with Gasteiger partial charge in [0, 0.05) is 11.6 Å². The molecule has 4 heteroatoms. The van der Waals surface area contributed by atoms with Gasteiger partial charge in [-0.25, -0.2) is 4.79 Å². The van der Waals surface area contributed by atoms with Gasteiger partial charge < -0.3 is 10.4 Å². The fourth-order valence-corrected chi connectivity index (χ4v) is 1.79. The van der Waals surface area contributed by atoms with Gasteiger partial charge in [-0.05, 0) is 36.5 Å². The van der Waals surface area contributed by atoms with Crippen LogP contribution in [-0.2, 0) is 6.42 Å². The molecule has 0 spiro atoms. The van der Waals surface area contributed by atoms with Crippen LogP contribution in [0.2, 0.25) is 5.02 Å². The number of nitrogens with one attached hydrogen (secondary N) is 1. The fraction of sp³-hybridized carbons (Fsp3) is 0.308. The Bertz CT molecular complexity index is 376. The lowest BCUT2D eigenvalue weighted by Crippen LogP contribution is -2.28. The van der Waals surface area contributed by atoms with Gasteiger partial charge in [-0.2, -0.15) is 0 Å². The highest BCUT2D eigenvalue weighted by atomic mass is 35.5. The first kappa shape index (κ1) is 13.6. The van der Waals surface area contributed by atoms with Crippen LogP contribution < -0.4 is 5.32 Å². The second-order valence-corrected chi connectivity index (χ2v) is 4.34. The van der Waals surface area contributed by atoms with Gasteiger partial charge in [0.05, 0.1) is 0 Å². The third-order valence-electron chi connectivity index (χ3n) is 2.48. The Morgan fingerprint density at radius 2 is 2.12 bits per heavy atom. The largest absolute Gasteiger partial charge is 0.465 e. The highest BCUT2D eigenvalue weighted by Crippen LogP contribution is 2.15. The van der Waals surface area contributed by atoms with E-state index in [2.05, 4.69) is 11.9 Å². The molecule has 0 aliphatic carbocycles.